The van der Waals surface area contributed by atoms with Crippen LogP contribution in [0, 0.1) is 0 Å². The van der Waals surface area contributed by atoms with Gasteiger partial charge in [0.25, 0.3) is 0 Å². The molecule has 18 heavy (non-hydrogen) atoms. The van der Waals surface area contributed by atoms with E-state index in [4.69, 9.17) is 0 Å². The first-order valence-electron chi connectivity index (χ1n) is 7.02. The summed E-state index contributed by atoms with van der Waals surface area (Å²) >= 11 is 0. The van der Waals surface area contributed by atoms with E-state index in [1.165, 1.54) is 22.9 Å². The quantitative estimate of drug-likeness (QED) is 0.741. The van der Waals surface area contributed by atoms with Crippen molar-refractivity contribution >= 4 is 17.0 Å². The monoisotopic (exact) mass is 239 g/mol. The zero-order valence-electron chi connectivity index (χ0n) is 11.5. The third-order valence-electron chi connectivity index (χ3n) is 4.19. The van der Waals surface area contributed by atoms with Crippen LogP contribution in [0.4, 0.5) is 0 Å². The second-order valence-electron chi connectivity index (χ2n) is 5.58. The van der Waals surface area contributed by atoms with E-state index >= 15 is 0 Å². The van der Waals surface area contributed by atoms with E-state index in [1.54, 1.807) is 11.1 Å². The molecule has 0 aliphatic heterocycles. The van der Waals surface area contributed by atoms with E-state index < -0.39 is 0 Å². The highest BCUT2D eigenvalue weighted by Crippen LogP contribution is 2.46. The molecule has 2 atom stereocenters. The Balaban J connectivity index is 2.30. The van der Waals surface area contributed by atoms with Gasteiger partial charge >= 0.3 is 0 Å². The standard InChI is InChI=1S/C17H21N/c1-4-5-6-13-10-14-7-8-18-17(14)16-12(3)9-11(2)15(13)16/h5-8,10-12,18H,4,9H2,1-3H3/b6-5+/t11-,12-/m1/s1. The molecule has 1 N–H and O–H groups in total. The Hall–Kier alpha value is -1.50. The summed E-state index contributed by atoms with van der Waals surface area (Å²) < 4.78 is 0. The Labute approximate surface area is 109 Å². The van der Waals surface area contributed by atoms with Crippen LogP contribution < -0.4 is 0 Å². The molecule has 1 aromatic carbocycles. The van der Waals surface area contributed by atoms with Crippen molar-refractivity contribution in [3.8, 4) is 0 Å². The van der Waals surface area contributed by atoms with Gasteiger partial charge in [0.05, 0.1) is 0 Å². The molecule has 1 aromatic heterocycles. The average molecular weight is 239 g/mol. The molecule has 0 saturated heterocycles. The maximum Gasteiger partial charge on any atom is 0.0492 e. The number of rotatable bonds is 2. The molecule has 1 heterocycles. The third kappa shape index (κ3) is 1.61. The van der Waals surface area contributed by atoms with Gasteiger partial charge in [0.2, 0.25) is 0 Å². The first-order chi connectivity index (χ1) is 8.72. The molecule has 1 aliphatic rings. The second kappa shape index (κ2) is 4.31. The predicted molar refractivity (Wildman–Crippen MR) is 79.1 cm³/mol. The third-order valence-corrected chi connectivity index (χ3v) is 4.19. The summed E-state index contributed by atoms with van der Waals surface area (Å²) in [5, 5.41) is 1.35. The number of allylic oxidation sites excluding steroid dienone is 1. The van der Waals surface area contributed by atoms with Gasteiger partial charge in [-0.3, -0.25) is 0 Å². The summed E-state index contributed by atoms with van der Waals surface area (Å²) in [4.78, 5) is 3.43. The highest BCUT2D eigenvalue weighted by molar-refractivity contribution is 5.88. The molecule has 0 spiro atoms. The van der Waals surface area contributed by atoms with Gasteiger partial charge in [-0.1, -0.05) is 32.9 Å². The SMILES string of the molecule is CC/C=C/c1cc2cc[nH]c2c2c1[C@H](C)C[C@H]2C. The lowest BCUT2D eigenvalue weighted by Gasteiger charge is -2.11. The minimum atomic E-state index is 0.672. The zero-order valence-corrected chi connectivity index (χ0v) is 11.5. The summed E-state index contributed by atoms with van der Waals surface area (Å²) in [5.74, 6) is 1.35. The van der Waals surface area contributed by atoms with Crippen LogP contribution in [0.15, 0.2) is 24.4 Å². The number of fused-ring (bicyclic) bond motifs is 3. The smallest absolute Gasteiger partial charge is 0.0492 e. The molecule has 1 heteroatoms. The Kier molecular flexibility index (Phi) is 2.77. The van der Waals surface area contributed by atoms with E-state index in [0.29, 0.717) is 11.8 Å². The van der Waals surface area contributed by atoms with Crippen LogP contribution in [-0.4, -0.2) is 4.98 Å². The molecule has 3 rings (SSSR count). The summed E-state index contributed by atoms with van der Waals surface area (Å²) in [6.45, 7) is 6.91. The van der Waals surface area contributed by atoms with E-state index in [9.17, 15) is 0 Å². The topological polar surface area (TPSA) is 15.8 Å². The molecule has 0 bridgehead atoms. The fourth-order valence-corrected chi connectivity index (χ4v) is 3.48. The van der Waals surface area contributed by atoms with E-state index in [-0.39, 0.29) is 0 Å². The van der Waals surface area contributed by atoms with Crippen molar-refractivity contribution < 1.29 is 0 Å². The van der Waals surface area contributed by atoms with Gasteiger partial charge in [0.15, 0.2) is 0 Å². The number of aromatic nitrogens is 1. The molecule has 94 valence electrons. The summed E-state index contributed by atoms with van der Waals surface area (Å²) in [6, 6.07) is 4.53. The molecule has 2 aromatic rings. The first kappa shape index (κ1) is 11.6. The lowest BCUT2D eigenvalue weighted by molar-refractivity contribution is 0.662. The second-order valence-corrected chi connectivity index (χ2v) is 5.58. The van der Waals surface area contributed by atoms with Crippen molar-refractivity contribution in [1.82, 2.24) is 4.98 Å². The van der Waals surface area contributed by atoms with Crippen molar-refractivity contribution in [2.45, 2.75) is 45.4 Å². The lowest BCUT2D eigenvalue weighted by atomic mass is 9.94. The Bertz CT molecular complexity index is 603. The van der Waals surface area contributed by atoms with Crippen LogP contribution in [0.5, 0.6) is 0 Å². The highest BCUT2D eigenvalue weighted by Gasteiger charge is 2.29. The average Bonchev–Trinajstić information content (AvgIpc) is 2.91. The molecule has 0 saturated carbocycles. The van der Waals surface area contributed by atoms with Crippen molar-refractivity contribution in [3.05, 3.63) is 41.1 Å². The number of hydrogen-bond donors (Lipinski definition) is 1. The van der Waals surface area contributed by atoms with Crippen molar-refractivity contribution in [2.75, 3.05) is 0 Å². The van der Waals surface area contributed by atoms with Gasteiger partial charge in [-0.05, 0) is 53.5 Å². The van der Waals surface area contributed by atoms with Crippen LogP contribution in [0.3, 0.4) is 0 Å². The highest BCUT2D eigenvalue weighted by atomic mass is 14.7. The summed E-state index contributed by atoms with van der Waals surface area (Å²) in [6.07, 6.45) is 9.02. The summed E-state index contributed by atoms with van der Waals surface area (Å²) in [5.41, 5.74) is 5.91. The van der Waals surface area contributed by atoms with Gasteiger partial charge in [0.1, 0.15) is 0 Å². The Morgan fingerprint density at radius 2 is 2.06 bits per heavy atom. The first-order valence-corrected chi connectivity index (χ1v) is 7.02. The molecule has 0 unspecified atom stereocenters. The molecule has 1 aliphatic carbocycles. The van der Waals surface area contributed by atoms with Crippen molar-refractivity contribution in [3.63, 3.8) is 0 Å². The molecule has 1 nitrogen and oxygen atoms in total. The van der Waals surface area contributed by atoms with Crippen molar-refractivity contribution in [2.24, 2.45) is 0 Å². The number of benzene rings is 1. The van der Waals surface area contributed by atoms with Gasteiger partial charge in [-0.15, -0.1) is 0 Å². The van der Waals surface area contributed by atoms with Gasteiger partial charge in [-0.25, -0.2) is 0 Å². The van der Waals surface area contributed by atoms with Crippen LogP contribution >= 0.6 is 0 Å². The van der Waals surface area contributed by atoms with Crippen LogP contribution in [0.2, 0.25) is 0 Å². The van der Waals surface area contributed by atoms with E-state index in [2.05, 4.69) is 56.2 Å². The maximum absolute atomic E-state index is 3.43. The van der Waals surface area contributed by atoms with Gasteiger partial charge in [-0.2, -0.15) is 0 Å². The molecule has 0 fully saturated rings. The van der Waals surface area contributed by atoms with Crippen LogP contribution in [-0.2, 0) is 0 Å². The lowest BCUT2D eigenvalue weighted by Crippen LogP contribution is -1.93. The van der Waals surface area contributed by atoms with Gasteiger partial charge < -0.3 is 4.98 Å². The largest absolute Gasteiger partial charge is 0.361 e. The fraction of sp³-hybridized carbons (Fsp3) is 0.412. The number of H-pyrrole nitrogens is 1. The number of aromatic amines is 1. The number of hydrogen-bond acceptors (Lipinski definition) is 0. The minimum absolute atomic E-state index is 0.672. The van der Waals surface area contributed by atoms with Crippen LogP contribution in [0.1, 0.15) is 62.1 Å². The fourth-order valence-electron chi connectivity index (χ4n) is 3.48. The normalized spacial score (nSPS) is 23.1. The predicted octanol–water partition coefficient (Wildman–Crippen LogP) is 5.20. The number of nitrogens with one attached hydrogen (secondary N) is 1. The molecular formula is C17H21N. The van der Waals surface area contributed by atoms with E-state index in [0.717, 1.165) is 6.42 Å². The molecule has 0 amide bonds. The maximum atomic E-state index is 3.43. The molecule has 0 radical (unpaired) electrons. The van der Waals surface area contributed by atoms with Gasteiger partial charge in [0, 0.05) is 17.1 Å². The molecular weight excluding hydrogens is 218 g/mol. The zero-order chi connectivity index (χ0) is 12.7. The van der Waals surface area contributed by atoms with Crippen LogP contribution in [0.25, 0.3) is 17.0 Å². The van der Waals surface area contributed by atoms with E-state index in [1.807, 2.05) is 0 Å². The summed E-state index contributed by atoms with van der Waals surface area (Å²) in [7, 11) is 0. The Morgan fingerprint density at radius 3 is 2.83 bits per heavy atom. The minimum Gasteiger partial charge on any atom is -0.361 e. The Morgan fingerprint density at radius 1 is 1.28 bits per heavy atom. The van der Waals surface area contributed by atoms with Crippen molar-refractivity contribution in [1.29, 1.82) is 0 Å².